The minimum atomic E-state index is -1.13. The molecule has 6 nitrogen and oxygen atoms in total. The molecule has 0 saturated carbocycles. The van der Waals surface area contributed by atoms with Gasteiger partial charge in [-0.05, 0) is 23.8 Å². The van der Waals surface area contributed by atoms with Gasteiger partial charge in [-0.25, -0.2) is 0 Å². The third-order valence-electron chi connectivity index (χ3n) is 2.67. The summed E-state index contributed by atoms with van der Waals surface area (Å²) < 4.78 is 5.19. The first kappa shape index (κ1) is 15.3. The van der Waals surface area contributed by atoms with E-state index in [0.29, 0.717) is 10.5 Å². The van der Waals surface area contributed by atoms with Gasteiger partial charge in [0, 0.05) is 0 Å². The number of methoxy groups -OCH3 is 1. The summed E-state index contributed by atoms with van der Waals surface area (Å²) in [5, 5.41) is 18.3. The van der Waals surface area contributed by atoms with Gasteiger partial charge < -0.3 is 14.9 Å². The highest BCUT2D eigenvalue weighted by atomic mass is 32.2. The highest BCUT2D eigenvalue weighted by Gasteiger charge is 2.33. The molecule has 1 saturated heterocycles. The maximum absolute atomic E-state index is 12.1. The van der Waals surface area contributed by atoms with E-state index < -0.39 is 18.4 Å². The summed E-state index contributed by atoms with van der Waals surface area (Å²) in [4.78, 5) is 24.1. The third-order valence-corrected chi connectivity index (χ3v) is 4.05. The van der Waals surface area contributed by atoms with Crippen molar-refractivity contribution < 1.29 is 24.5 Å². The number of amides is 1. The van der Waals surface area contributed by atoms with Crippen molar-refractivity contribution in [2.45, 2.75) is 0 Å². The molecule has 1 aromatic rings. The standard InChI is InChI=1S/C13H11NO5S2/c1-19-9-4-7(2-3-8(9)15)5-10-12(18)14(6-11(16)17)13(20)21-10/h2-5,15H,6H2,1H3,(H,16,17)/b10-5+. The van der Waals surface area contributed by atoms with E-state index in [1.807, 2.05) is 0 Å². The van der Waals surface area contributed by atoms with Crippen LogP contribution < -0.4 is 4.74 Å². The molecule has 1 heterocycles. The largest absolute Gasteiger partial charge is 0.504 e. The molecular formula is C13H11NO5S2. The summed E-state index contributed by atoms with van der Waals surface area (Å²) in [5.74, 6) is -1.30. The molecule has 0 aliphatic carbocycles. The smallest absolute Gasteiger partial charge is 0.323 e. The third kappa shape index (κ3) is 3.34. The van der Waals surface area contributed by atoms with E-state index >= 15 is 0 Å². The van der Waals surface area contributed by atoms with Crippen molar-refractivity contribution in [1.29, 1.82) is 0 Å². The SMILES string of the molecule is COc1cc(/C=C2/SC(=S)N(CC(=O)O)C2=O)ccc1O. The Morgan fingerprint density at radius 2 is 2.24 bits per heavy atom. The summed E-state index contributed by atoms with van der Waals surface area (Å²) in [7, 11) is 1.42. The molecule has 0 atom stereocenters. The lowest BCUT2D eigenvalue weighted by Crippen LogP contribution is -2.33. The summed E-state index contributed by atoms with van der Waals surface area (Å²) in [6, 6.07) is 4.63. The number of nitrogens with zero attached hydrogens (tertiary/aromatic N) is 1. The fraction of sp³-hybridized carbons (Fsp3) is 0.154. The van der Waals surface area contributed by atoms with Crippen molar-refractivity contribution in [3.63, 3.8) is 0 Å². The van der Waals surface area contributed by atoms with Crippen LogP contribution in [0.15, 0.2) is 23.1 Å². The normalized spacial score (nSPS) is 16.6. The number of thiocarbonyl (C=S) groups is 1. The number of hydrogen-bond donors (Lipinski definition) is 2. The maximum Gasteiger partial charge on any atom is 0.323 e. The van der Waals surface area contributed by atoms with Crippen LogP contribution in [0.25, 0.3) is 6.08 Å². The van der Waals surface area contributed by atoms with Crippen LogP contribution in [0.4, 0.5) is 0 Å². The van der Waals surface area contributed by atoms with Crippen LogP contribution in [-0.4, -0.2) is 45.0 Å². The van der Waals surface area contributed by atoms with Crippen molar-refractivity contribution >= 4 is 46.3 Å². The van der Waals surface area contributed by atoms with Gasteiger partial charge in [0.1, 0.15) is 10.9 Å². The lowest BCUT2D eigenvalue weighted by molar-refractivity contribution is -0.140. The van der Waals surface area contributed by atoms with E-state index in [9.17, 15) is 14.7 Å². The van der Waals surface area contributed by atoms with Crippen LogP contribution in [0.5, 0.6) is 11.5 Å². The highest BCUT2D eigenvalue weighted by molar-refractivity contribution is 8.26. The van der Waals surface area contributed by atoms with Gasteiger partial charge in [0.05, 0.1) is 12.0 Å². The lowest BCUT2D eigenvalue weighted by atomic mass is 10.2. The van der Waals surface area contributed by atoms with Crippen LogP contribution in [0.2, 0.25) is 0 Å². The fourth-order valence-electron chi connectivity index (χ4n) is 1.71. The number of benzene rings is 1. The molecule has 0 unspecified atom stereocenters. The fourth-order valence-corrected chi connectivity index (χ4v) is 2.96. The number of phenolic OH excluding ortho intramolecular Hbond substituents is 1. The number of carboxylic acids is 1. The minimum absolute atomic E-state index is 0.00641. The van der Waals surface area contributed by atoms with Gasteiger partial charge in [0.25, 0.3) is 5.91 Å². The molecule has 0 aromatic heterocycles. The number of thioether (sulfide) groups is 1. The van der Waals surface area contributed by atoms with Crippen LogP contribution in [-0.2, 0) is 9.59 Å². The van der Waals surface area contributed by atoms with E-state index in [4.69, 9.17) is 22.1 Å². The summed E-state index contributed by atoms with van der Waals surface area (Å²) >= 11 is 6.04. The molecule has 1 aromatic carbocycles. The number of carbonyl (C=O) groups excluding carboxylic acids is 1. The molecule has 2 N–H and O–H groups in total. The first-order valence-electron chi connectivity index (χ1n) is 5.76. The quantitative estimate of drug-likeness (QED) is 0.643. The topological polar surface area (TPSA) is 87.1 Å². The van der Waals surface area contributed by atoms with Gasteiger partial charge >= 0.3 is 5.97 Å². The van der Waals surface area contributed by atoms with E-state index in [-0.39, 0.29) is 15.8 Å². The predicted octanol–water partition coefficient (Wildman–Crippen LogP) is 1.69. The molecule has 0 radical (unpaired) electrons. The van der Waals surface area contributed by atoms with Gasteiger partial charge in [-0.15, -0.1) is 0 Å². The molecule has 1 fully saturated rings. The monoisotopic (exact) mass is 325 g/mol. The Morgan fingerprint density at radius 3 is 2.86 bits per heavy atom. The van der Waals surface area contributed by atoms with Crippen LogP contribution >= 0.6 is 24.0 Å². The van der Waals surface area contributed by atoms with Crippen molar-refractivity contribution in [2.75, 3.05) is 13.7 Å². The Balaban J connectivity index is 2.28. The predicted molar refractivity (Wildman–Crippen MR) is 82.2 cm³/mol. The summed E-state index contributed by atoms with van der Waals surface area (Å²) in [6.07, 6.45) is 1.57. The van der Waals surface area contributed by atoms with Gasteiger partial charge in [-0.3, -0.25) is 14.5 Å². The Hall–Kier alpha value is -2.06. The second kappa shape index (κ2) is 6.15. The highest BCUT2D eigenvalue weighted by Crippen LogP contribution is 2.34. The van der Waals surface area contributed by atoms with Crippen molar-refractivity contribution in [3.05, 3.63) is 28.7 Å². The molecule has 1 aliphatic heterocycles. The molecule has 2 rings (SSSR count). The lowest BCUT2D eigenvalue weighted by Gasteiger charge is -2.10. The number of aliphatic carboxylic acids is 1. The average Bonchev–Trinajstić information content (AvgIpc) is 2.68. The molecule has 1 aliphatic rings. The summed E-state index contributed by atoms with van der Waals surface area (Å²) in [6.45, 7) is -0.457. The minimum Gasteiger partial charge on any atom is -0.504 e. The van der Waals surface area contributed by atoms with Crippen molar-refractivity contribution in [3.8, 4) is 11.5 Å². The number of ether oxygens (including phenoxy) is 1. The number of aromatic hydroxyl groups is 1. The zero-order valence-electron chi connectivity index (χ0n) is 10.9. The van der Waals surface area contributed by atoms with E-state index in [2.05, 4.69) is 0 Å². The molecule has 110 valence electrons. The summed E-state index contributed by atoms with van der Waals surface area (Å²) in [5.41, 5.74) is 0.639. The van der Waals surface area contributed by atoms with Crippen molar-refractivity contribution in [1.82, 2.24) is 4.90 Å². The molecule has 21 heavy (non-hydrogen) atoms. The van der Waals surface area contributed by atoms with Gasteiger partial charge in [-0.2, -0.15) is 0 Å². The molecular weight excluding hydrogens is 314 g/mol. The molecule has 0 spiro atoms. The Kier molecular flexibility index (Phi) is 4.49. The number of rotatable bonds is 4. The van der Waals surface area contributed by atoms with Crippen LogP contribution in [0.1, 0.15) is 5.56 Å². The van der Waals surface area contributed by atoms with Crippen LogP contribution in [0, 0.1) is 0 Å². The van der Waals surface area contributed by atoms with Crippen LogP contribution in [0.3, 0.4) is 0 Å². The average molecular weight is 325 g/mol. The second-order valence-electron chi connectivity index (χ2n) is 4.09. The number of carboxylic acid groups (broad SMARTS) is 1. The first-order chi connectivity index (χ1) is 9.92. The number of carbonyl (C=O) groups is 2. The van der Waals surface area contributed by atoms with E-state index in [0.717, 1.165) is 16.7 Å². The van der Waals surface area contributed by atoms with E-state index in [1.54, 1.807) is 18.2 Å². The van der Waals surface area contributed by atoms with Gasteiger partial charge in [0.2, 0.25) is 0 Å². The molecule has 0 bridgehead atoms. The Labute approximate surface area is 130 Å². The molecule has 8 heteroatoms. The second-order valence-corrected chi connectivity index (χ2v) is 5.77. The number of phenols is 1. The zero-order valence-corrected chi connectivity index (χ0v) is 12.5. The van der Waals surface area contributed by atoms with Gasteiger partial charge in [0.15, 0.2) is 11.5 Å². The van der Waals surface area contributed by atoms with E-state index in [1.165, 1.54) is 13.2 Å². The Bertz CT molecular complexity index is 656. The molecule has 1 amide bonds. The van der Waals surface area contributed by atoms with Gasteiger partial charge in [-0.1, -0.05) is 30.0 Å². The maximum atomic E-state index is 12.1. The first-order valence-corrected chi connectivity index (χ1v) is 6.99. The zero-order chi connectivity index (χ0) is 15.6. The van der Waals surface area contributed by atoms with Crippen molar-refractivity contribution in [2.24, 2.45) is 0 Å². The number of hydrogen-bond acceptors (Lipinski definition) is 6. The Morgan fingerprint density at radius 1 is 1.52 bits per heavy atom.